The fraction of sp³-hybridized carbons (Fsp3) is 0.150. The number of anilines is 1. The first kappa shape index (κ1) is 17.0. The van der Waals surface area contributed by atoms with Gasteiger partial charge in [-0.05, 0) is 36.4 Å². The molecule has 0 bridgehead atoms. The number of methoxy groups -OCH3 is 1. The number of nitrogen functional groups attached to an aromatic ring is 1. The number of para-hydroxylation sites is 1. The van der Waals surface area contributed by atoms with Gasteiger partial charge >= 0.3 is 0 Å². The highest BCUT2D eigenvalue weighted by Gasteiger charge is 2.10. The third kappa shape index (κ3) is 3.58. The quantitative estimate of drug-likeness (QED) is 0.419. The summed E-state index contributed by atoms with van der Waals surface area (Å²) >= 11 is 0. The number of ether oxygens (including phenoxy) is 2. The molecule has 2 aromatic carbocycles. The second kappa shape index (κ2) is 7.43. The zero-order valence-corrected chi connectivity index (χ0v) is 14.9. The number of hydrogen-bond acceptors (Lipinski definition) is 6. The van der Waals surface area contributed by atoms with Crippen molar-refractivity contribution in [3.05, 3.63) is 60.8 Å². The van der Waals surface area contributed by atoms with E-state index >= 15 is 0 Å². The van der Waals surface area contributed by atoms with Gasteiger partial charge < -0.3 is 15.2 Å². The van der Waals surface area contributed by atoms with Crippen molar-refractivity contribution in [3.8, 4) is 22.8 Å². The number of rotatable bonds is 6. The van der Waals surface area contributed by atoms with E-state index in [2.05, 4.69) is 10.3 Å². The molecule has 7 nitrogen and oxygen atoms in total. The molecule has 2 aromatic heterocycles. The predicted molar refractivity (Wildman–Crippen MR) is 104 cm³/mol. The smallest absolute Gasteiger partial charge is 0.145 e. The second-order valence-corrected chi connectivity index (χ2v) is 6.01. The van der Waals surface area contributed by atoms with Gasteiger partial charge in [0, 0.05) is 18.2 Å². The van der Waals surface area contributed by atoms with Crippen molar-refractivity contribution >= 4 is 16.6 Å². The first-order valence-corrected chi connectivity index (χ1v) is 8.55. The molecular weight excluding hydrogens is 342 g/mol. The molecule has 2 N–H and O–H groups in total. The van der Waals surface area contributed by atoms with Crippen molar-refractivity contribution in [1.82, 2.24) is 20.0 Å². The van der Waals surface area contributed by atoms with Gasteiger partial charge in [-0.25, -0.2) is 9.67 Å². The van der Waals surface area contributed by atoms with Gasteiger partial charge in [0.05, 0.1) is 24.2 Å². The molecule has 4 rings (SSSR count). The number of nitrogens with two attached hydrogens (primary N) is 1. The highest BCUT2D eigenvalue weighted by Crippen LogP contribution is 2.27. The zero-order valence-electron chi connectivity index (χ0n) is 14.9. The first-order valence-electron chi connectivity index (χ1n) is 8.55. The topological polar surface area (TPSA) is 88.1 Å². The largest absolute Gasteiger partial charge is 0.489 e. The molecule has 0 saturated carbocycles. The Morgan fingerprint density at radius 3 is 2.63 bits per heavy atom. The molecule has 0 unspecified atom stereocenters. The van der Waals surface area contributed by atoms with Crippen molar-refractivity contribution in [2.24, 2.45) is 0 Å². The van der Waals surface area contributed by atoms with E-state index in [1.807, 2.05) is 60.8 Å². The third-order valence-corrected chi connectivity index (χ3v) is 4.14. The van der Waals surface area contributed by atoms with Crippen LogP contribution in [0.2, 0.25) is 0 Å². The van der Waals surface area contributed by atoms with Gasteiger partial charge in [-0.3, -0.25) is 0 Å². The number of fused-ring (bicyclic) bond motifs is 1. The van der Waals surface area contributed by atoms with Crippen LogP contribution >= 0.6 is 0 Å². The van der Waals surface area contributed by atoms with Crippen LogP contribution in [0, 0.1) is 0 Å². The van der Waals surface area contributed by atoms with Crippen molar-refractivity contribution in [1.29, 1.82) is 0 Å². The van der Waals surface area contributed by atoms with Gasteiger partial charge in [0.25, 0.3) is 0 Å². The Labute approximate surface area is 156 Å². The van der Waals surface area contributed by atoms with Crippen LogP contribution in [0.3, 0.4) is 0 Å². The maximum atomic E-state index is 5.80. The van der Waals surface area contributed by atoms with Gasteiger partial charge in [-0.15, -0.1) is 5.10 Å². The second-order valence-electron chi connectivity index (χ2n) is 6.01. The lowest BCUT2D eigenvalue weighted by atomic mass is 10.1. The molecule has 27 heavy (non-hydrogen) atoms. The molecule has 0 amide bonds. The van der Waals surface area contributed by atoms with E-state index in [9.17, 15) is 0 Å². The van der Waals surface area contributed by atoms with Gasteiger partial charge in [0.15, 0.2) is 0 Å². The average Bonchev–Trinajstić information content (AvgIpc) is 3.19. The maximum Gasteiger partial charge on any atom is 0.145 e. The number of aromatic nitrogens is 4. The van der Waals surface area contributed by atoms with Crippen molar-refractivity contribution in [2.45, 2.75) is 0 Å². The third-order valence-electron chi connectivity index (χ3n) is 4.14. The number of benzene rings is 2. The Morgan fingerprint density at radius 2 is 1.81 bits per heavy atom. The lowest BCUT2D eigenvalue weighted by Gasteiger charge is -2.09. The summed E-state index contributed by atoms with van der Waals surface area (Å²) in [4.78, 5) is 4.74. The molecule has 0 aliphatic heterocycles. The van der Waals surface area contributed by atoms with E-state index in [1.54, 1.807) is 11.8 Å². The minimum absolute atomic E-state index is 0.467. The molecule has 0 fully saturated rings. The molecule has 0 aliphatic carbocycles. The molecular formula is C20H19N5O2. The van der Waals surface area contributed by atoms with Crippen LogP contribution in [-0.4, -0.2) is 40.3 Å². The summed E-state index contributed by atoms with van der Waals surface area (Å²) in [5.74, 6) is 0.720. The molecule has 2 heterocycles. The number of nitrogens with zero attached hydrogens (tertiary/aromatic N) is 4. The summed E-state index contributed by atoms with van der Waals surface area (Å²) in [5.41, 5.74) is 9.52. The molecule has 136 valence electrons. The van der Waals surface area contributed by atoms with E-state index in [0.717, 1.165) is 28.0 Å². The average molecular weight is 361 g/mol. The van der Waals surface area contributed by atoms with E-state index in [4.69, 9.17) is 20.2 Å². The van der Waals surface area contributed by atoms with Crippen molar-refractivity contribution < 1.29 is 9.47 Å². The van der Waals surface area contributed by atoms with E-state index in [0.29, 0.717) is 24.6 Å². The predicted octanol–water partition coefficient (Wildman–Crippen LogP) is 3.09. The summed E-state index contributed by atoms with van der Waals surface area (Å²) in [6.07, 6.45) is 1.84. The Morgan fingerprint density at radius 1 is 0.963 bits per heavy atom. The first-order chi connectivity index (χ1) is 13.2. The SMILES string of the molecule is COCCOc1cccc2ccc(-c3cn(-c4ccc(N)cc4)nn3)nc12. The fourth-order valence-corrected chi connectivity index (χ4v) is 2.75. The zero-order chi connectivity index (χ0) is 18.6. The highest BCUT2D eigenvalue weighted by molar-refractivity contribution is 5.86. The van der Waals surface area contributed by atoms with Crippen LogP contribution in [0.25, 0.3) is 28.0 Å². The summed E-state index contributed by atoms with van der Waals surface area (Å²) in [5, 5.41) is 9.45. The highest BCUT2D eigenvalue weighted by atomic mass is 16.5. The minimum Gasteiger partial charge on any atom is -0.489 e. The Kier molecular flexibility index (Phi) is 4.67. The molecule has 0 saturated heterocycles. The van der Waals surface area contributed by atoms with Crippen LogP contribution in [-0.2, 0) is 4.74 Å². The minimum atomic E-state index is 0.467. The van der Waals surface area contributed by atoms with Crippen LogP contribution in [0.1, 0.15) is 0 Å². The van der Waals surface area contributed by atoms with E-state index in [1.165, 1.54) is 0 Å². The fourth-order valence-electron chi connectivity index (χ4n) is 2.75. The van der Waals surface area contributed by atoms with E-state index in [-0.39, 0.29) is 0 Å². The molecule has 7 heteroatoms. The number of pyridine rings is 1. The van der Waals surface area contributed by atoms with E-state index < -0.39 is 0 Å². The molecule has 0 radical (unpaired) electrons. The summed E-state index contributed by atoms with van der Waals surface area (Å²) in [7, 11) is 1.65. The maximum absolute atomic E-state index is 5.80. The standard InChI is InChI=1S/C20H19N5O2/c1-26-11-12-27-19-4-2-3-14-5-10-17(22-20(14)19)18-13-25(24-23-18)16-8-6-15(21)7-9-16/h2-10,13H,11-12,21H2,1H3. The van der Waals surface area contributed by atoms with Crippen molar-refractivity contribution in [3.63, 3.8) is 0 Å². The summed E-state index contributed by atoms with van der Waals surface area (Å²) < 4.78 is 12.5. The normalized spacial score (nSPS) is 11.0. The molecule has 0 spiro atoms. The Balaban J connectivity index is 1.67. The van der Waals surface area contributed by atoms with Crippen molar-refractivity contribution in [2.75, 3.05) is 26.1 Å². The lowest BCUT2D eigenvalue weighted by molar-refractivity contribution is 0.147. The van der Waals surface area contributed by atoms with Gasteiger partial charge in [-0.1, -0.05) is 23.4 Å². The Bertz CT molecular complexity index is 1060. The number of hydrogen-bond donors (Lipinski definition) is 1. The monoisotopic (exact) mass is 361 g/mol. The molecule has 0 atom stereocenters. The van der Waals surface area contributed by atoms with Crippen LogP contribution in [0.5, 0.6) is 5.75 Å². The lowest BCUT2D eigenvalue weighted by Crippen LogP contribution is -2.04. The Hall–Kier alpha value is -3.45. The van der Waals surface area contributed by atoms with Crippen LogP contribution < -0.4 is 10.5 Å². The van der Waals surface area contributed by atoms with Gasteiger partial charge in [-0.2, -0.15) is 0 Å². The van der Waals surface area contributed by atoms with Gasteiger partial charge in [0.1, 0.15) is 23.6 Å². The molecule has 0 aliphatic rings. The summed E-state index contributed by atoms with van der Waals surface area (Å²) in [6, 6.07) is 17.2. The van der Waals surface area contributed by atoms with Gasteiger partial charge in [0.2, 0.25) is 0 Å². The van der Waals surface area contributed by atoms with Crippen LogP contribution in [0.4, 0.5) is 5.69 Å². The molecule has 4 aromatic rings. The van der Waals surface area contributed by atoms with Crippen LogP contribution in [0.15, 0.2) is 60.8 Å². The summed E-state index contributed by atoms with van der Waals surface area (Å²) in [6.45, 7) is 0.987.